The molecule has 0 amide bonds. The topological polar surface area (TPSA) is 15.3 Å². The minimum atomic E-state index is 0.850. The summed E-state index contributed by atoms with van der Waals surface area (Å²) in [6.07, 6.45) is 2.74. The monoisotopic (exact) mass is 184 g/mol. The van der Waals surface area contributed by atoms with Gasteiger partial charge in [-0.3, -0.25) is 0 Å². The fraction of sp³-hybridized carbons (Fsp3) is 1.00. The lowest BCUT2D eigenvalue weighted by Gasteiger charge is -2.16. The van der Waals surface area contributed by atoms with Crippen LogP contribution in [-0.4, -0.2) is 38.1 Å². The summed E-state index contributed by atoms with van der Waals surface area (Å²) < 4.78 is 0. The first kappa shape index (κ1) is 11.0. The molecule has 1 unspecified atom stereocenters. The smallest absolute Gasteiger partial charge is 0.00223 e. The van der Waals surface area contributed by atoms with Gasteiger partial charge in [-0.1, -0.05) is 13.8 Å². The number of hydrogen-bond acceptors (Lipinski definition) is 2. The van der Waals surface area contributed by atoms with Gasteiger partial charge >= 0.3 is 0 Å². The molecule has 0 aromatic heterocycles. The van der Waals surface area contributed by atoms with Crippen LogP contribution < -0.4 is 5.32 Å². The fourth-order valence-electron chi connectivity index (χ4n) is 2.01. The Morgan fingerprint density at radius 1 is 1.46 bits per heavy atom. The average Bonchev–Trinajstić information content (AvgIpc) is 2.50. The minimum absolute atomic E-state index is 0.850. The maximum absolute atomic E-state index is 3.27. The first-order valence-electron chi connectivity index (χ1n) is 5.59. The number of nitrogens with zero attached hydrogens (tertiary/aromatic N) is 1. The van der Waals surface area contributed by atoms with Crippen molar-refractivity contribution in [3.63, 3.8) is 0 Å². The first-order valence-corrected chi connectivity index (χ1v) is 5.59. The molecule has 1 heterocycles. The third-order valence-corrected chi connectivity index (χ3v) is 2.89. The standard InChI is InChI=1S/C11H24N2/c1-10(2)4-6-13-7-5-11(9-13)8-12-3/h10-12H,4-9H2,1-3H3. The van der Waals surface area contributed by atoms with E-state index in [0.717, 1.165) is 11.8 Å². The second-order valence-electron chi connectivity index (χ2n) is 4.70. The predicted octanol–water partition coefficient (Wildman–Crippen LogP) is 1.57. The summed E-state index contributed by atoms with van der Waals surface area (Å²) in [7, 11) is 2.05. The van der Waals surface area contributed by atoms with Gasteiger partial charge in [0.15, 0.2) is 0 Å². The molecule has 0 aliphatic carbocycles. The lowest BCUT2D eigenvalue weighted by Crippen LogP contribution is -2.26. The highest BCUT2D eigenvalue weighted by Crippen LogP contribution is 2.16. The summed E-state index contributed by atoms with van der Waals surface area (Å²) in [6, 6.07) is 0. The highest BCUT2D eigenvalue weighted by atomic mass is 15.1. The van der Waals surface area contributed by atoms with Crippen LogP contribution >= 0.6 is 0 Å². The zero-order valence-electron chi connectivity index (χ0n) is 9.34. The van der Waals surface area contributed by atoms with E-state index in [9.17, 15) is 0 Å². The van der Waals surface area contributed by atoms with Gasteiger partial charge in [0.2, 0.25) is 0 Å². The third kappa shape index (κ3) is 4.10. The van der Waals surface area contributed by atoms with E-state index < -0.39 is 0 Å². The predicted molar refractivity (Wildman–Crippen MR) is 57.9 cm³/mol. The molecule has 0 saturated carbocycles. The Labute approximate surface area is 82.7 Å². The van der Waals surface area contributed by atoms with Gasteiger partial charge in [-0.25, -0.2) is 0 Å². The molecule has 1 N–H and O–H groups in total. The van der Waals surface area contributed by atoms with Gasteiger partial charge in [0, 0.05) is 6.54 Å². The van der Waals surface area contributed by atoms with Crippen molar-refractivity contribution < 1.29 is 0 Å². The van der Waals surface area contributed by atoms with Crippen molar-refractivity contribution in [1.82, 2.24) is 10.2 Å². The molecule has 0 radical (unpaired) electrons. The summed E-state index contributed by atoms with van der Waals surface area (Å²) in [6.45, 7) is 9.74. The van der Waals surface area contributed by atoms with E-state index in [1.807, 2.05) is 0 Å². The molecule has 1 atom stereocenters. The molecular formula is C11H24N2. The van der Waals surface area contributed by atoms with E-state index in [1.54, 1.807) is 0 Å². The van der Waals surface area contributed by atoms with Crippen LogP contribution in [0.2, 0.25) is 0 Å². The Hall–Kier alpha value is -0.0800. The van der Waals surface area contributed by atoms with Crippen molar-refractivity contribution in [2.24, 2.45) is 11.8 Å². The molecular weight excluding hydrogens is 160 g/mol. The van der Waals surface area contributed by atoms with Gasteiger partial charge in [-0.2, -0.15) is 0 Å². The van der Waals surface area contributed by atoms with Gasteiger partial charge in [0.05, 0.1) is 0 Å². The van der Waals surface area contributed by atoms with Crippen LogP contribution in [0.5, 0.6) is 0 Å². The largest absolute Gasteiger partial charge is 0.319 e. The normalized spacial score (nSPS) is 24.5. The van der Waals surface area contributed by atoms with E-state index in [-0.39, 0.29) is 0 Å². The summed E-state index contributed by atoms with van der Waals surface area (Å²) in [5, 5.41) is 3.27. The Balaban J connectivity index is 2.10. The summed E-state index contributed by atoms with van der Waals surface area (Å²) in [5.41, 5.74) is 0. The number of hydrogen-bond donors (Lipinski definition) is 1. The minimum Gasteiger partial charge on any atom is -0.319 e. The Kier molecular flexibility index (Phi) is 4.74. The van der Waals surface area contributed by atoms with Crippen molar-refractivity contribution in [3.8, 4) is 0 Å². The van der Waals surface area contributed by atoms with E-state index in [0.29, 0.717) is 0 Å². The van der Waals surface area contributed by atoms with Gasteiger partial charge in [-0.15, -0.1) is 0 Å². The molecule has 0 aromatic rings. The SMILES string of the molecule is CNCC1CCN(CCC(C)C)C1. The first-order chi connectivity index (χ1) is 6.22. The summed E-state index contributed by atoms with van der Waals surface area (Å²) in [4.78, 5) is 2.61. The molecule has 1 aliphatic heterocycles. The van der Waals surface area contributed by atoms with Crippen LogP contribution in [0.25, 0.3) is 0 Å². The van der Waals surface area contributed by atoms with Crippen molar-refractivity contribution in [1.29, 1.82) is 0 Å². The van der Waals surface area contributed by atoms with Crippen LogP contribution in [0.3, 0.4) is 0 Å². The zero-order chi connectivity index (χ0) is 9.68. The van der Waals surface area contributed by atoms with E-state index in [1.165, 1.54) is 39.0 Å². The lowest BCUT2D eigenvalue weighted by atomic mass is 10.1. The molecule has 13 heavy (non-hydrogen) atoms. The molecule has 0 spiro atoms. The Morgan fingerprint density at radius 3 is 2.85 bits per heavy atom. The second-order valence-corrected chi connectivity index (χ2v) is 4.70. The van der Waals surface area contributed by atoms with Crippen molar-refractivity contribution >= 4 is 0 Å². The lowest BCUT2D eigenvalue weighted by molar-refractivity contribution is 0.301. The highest BCUT2D eigenvalue weighted by Gasteiger charge is 2.21. The van der Waals surface area contributed by atoms with Gasteiger partial charge in [-0.05, 0) is 51.4 Å². The molecule has 0 bridgehead atoms. The maximum atomic E-state index is 3.27. The van der Waals surface area contributed by atoms with E-state index >= 15 is 0 Å². The van der Waals surface area contributed by atoms with Crippen LogP contribution in [0, 0.1) is 11.8 Å². The molecule has 1 fully saturated rings. The van der Waals surface area contributed by atoms with Gasteiger partial charge < -0.3 is 10.2 Å². The Bertz CT molecular complexity index is 134. The third-order valence-electron chi connectivity index (χ3n) is 2.89. The highest BCUT2D eigenvalue weighted by molar-refractivity contribution is 4.76. The van der Waals surface area contributed by atoms with Crippen LogP contribution in [-0.2, 0) is 0 Å². The quantitative estimate of drug-likeness (QED) is 0.698. The van der Waals surface area contributed by atoms with E-state index in [4.69, 9.17) is 0 Å². The molecule has 2 heteroatoms. The molecule has 78 valence electrons. The van der Waals surface area contributed by atoms with Gasteiger partial charge in [0.1, 0.15) is 0 Å². The molecule has 1 rings (SSSR count). The van der Waals surface area contributed by atoms with Crippen LogP contribution in [0.4, 0.5) is 0 Å². The number of nitrogens with one attached hydrogen (secondary N) is 1. The van der Waals surface area contributed by atoms with Crippen molar-refractivity contribution in [3.05, 3.63) is 0 Å². The maximum Gasteiger partial charge on any atom is 0.00223 e. The van der Waals surface area contributed by atoms with Crippen molar-refractivity contribution in [2.75, 3.05) is 33.2 Å². The molecule has 1 saturated heterocycles. The van der Waals surface area contributed by atoms with Crippen LogP contribution in [0.15, 0.2) is 0 Å². The summed E-state index contributed by atoms with van der Waals surface area (Å²) in [5.74, 6) is 1.75. The van der Waals surface area contributed by atoms with E-state index in [2.05, 4.69) is 31.1 Å². The molecule has 1 aliphatic rings. The molecule has 0 aromatic carbocycles. The van der Waals surface area contributed by atoms with Gasteiger partial charge in [0.25, 0.3) is 0 Å². The number of rotatable bonds is 5. The zero-order valence-corrected chi connectivity index (χ0v) is 9.34. The number of likely N-dealkylation sites (tertiary alicyclic amines) is 1. The summed E-state index contributed by atoms with van der Waals surface area (Å²) >= 11 is 0. The average molecular weight is 184 g/mol. The fourth-order valence-corrected chi connectivity index (χ4v) is 2.01. The van der Waals surface area contributed by atoms with Crippen LogP contribution in [0.1, 0.15) is 26.7 Å². The second kappa shape index (κ2) is 5.61. The molecule has 2 nitrogen and oxygen atoms in total. The Morgan fingerprint density at radius 2 is 2.23 bits per heavy atom. The van der Waals surface area contributed by atoms with Crippen molar-refractivity contribution in [2.45, 2.75) is 26.7 Å².